The molecule has 9 nitrogen and oxygen atoms in total. The van der Waals surface area contributed by atoms with Crippen LogP contribution in [0, 0.1) is 13.7 Å². The summed E-state index contributed by atoms with van der Waals surface area (Å²) in [5.74, 6) is -0.0580. The zero-order valence-electron chi connectivity index (χ0n) is 14.3. The highest BCUT2D eigenvalue weighted by molar-refractivity contribution is 14.1. The van der Waals surface area contributed by atoms with Crippen molar-refractivity contribution in [2.45, 2.75) is 0 Å². The average molecular weight is 486 g/mol. The van der Waals surface area contributed by atoms with Crippen LogP contribution >= 0.6 is 22.6 Å². The monoisotopic (exact) mass is 486 g/mol. The molecule has 1 N–H and O–H groups in total. The zero-order chi connectivity index (χ0) is 20.0. The molecule has 2 aromatic carbocycles. The molecule has 0 aliphatic carbocycles. The molecule has 0 bridgehead atoms. The maximum Gasteiger partial charge on any atom is 0.341 e. The second kappa shape index (κ2) is 9.16. The molecule has 0 saturated heterocycles. The van der Waals surface area contributed by atoms with Crippen molar-refractivity contribution in [3.63, 3.8) is 0 Å². The predicted molar refractivity (Wildman–Crippen MR) is 106 cm³/mol. The second-order valence-corrected chi connectivity index (χ2v) is 6.25. The minimum absolute atomic E-state index is 0.104. The maximum absolute atomic E-state index is 10.9. The summed E-state index contributed by atoms with van der Waals surface area (Å²) in [6, 6.07) is 7.44. The van der Waals surface area contributed by atoms with E-state index in [0.717, 1.165) is 0 Å². The van der Waals surface area contributed by atoms with Gasteiger partial charge >= 0.3 is 5.97 Å². The van der Waals surface area contributed by atoms with Gasteiger partial charge in [-0.2, -0.15) is 0 Å². The van der Waals surface area contributed by atoms with Crippen molar-refractivity contribution in [3.8, 4) is 17.2 Å². The molecule has 2 aromatic rings. The van der Waals surface area contributed by atoms with Crippen LogP contribution in [0.25, 0.3) is 0 Å². The summed E-state index contributed by atoms with van der Waals surface area (Å²) in [6.45, 7) is -0.495. The van der Waals surface area contributed by atoms with Crippen LogP contribution in [0.15, 0.2) is 35.3 Å². The summed E-state index contributed by atoms with van der Waals surface area (Å²) >= 11 is 1.99. The third kappa shape index (κ3) is 5.29. The van der Waals surface area contributed by atoms with Crippen LogP contribution in [0.5, 0.6) is 17.2 Å². The minimum Gasteiger partial charge on any atom is -0.494 e. The Bertz CT molecular complexity index is 899. The van der Waals surface area contributed by atoms with Crippen molar-refractivity contribution >= 4 is 46.1 Å². The molecule has 27 heavy (non-hydrogen) atoms. The summed E-state index contributed by atoms with van der Waals surface area (Å²) in [6.07, 6.45) is 1.49. The smallest absolute Gasteiger partial charge is 0.341 e. The van der Waals surface area contributed by atoms with Gasteiger partial charge in [0.05, 0.1) is 22.7 Å². The lowest BCUT2D eigenvalue weighted by Gasteiger charge is -2.12. The Morgan fingerprint density at radius 3 is 2.56 bits per heavy atom. The number of nitro groups is 1. The van der Waals surface area contributed by atoms with Gasteiger partial charge in [-0.25, -0.2) is 4.79 Å². The molecule has 142 valence electrons. The van der Waals surface area contributed by atoms with E-state index in [1.165, 1.54) is 38.6 Å². The first-order chi connectivity index (χ1) is 12.8. The van der Waals surface area contributed by atoms with Crippen LogP contribution in [0.3, 0.4) is 0 Å². The van der Waals surface area contributed by atoms with Crippen LogP contribution in [0.2, 0.25) is 0 Å². The fraction of sp³-hybridized carbons (Fsp3) is 0.176. The molecular formula is C17H15IN2O7. The van der Waals surface area contributed by atoms with Gasteiger partial charge in [0.15, 0.2) is 18.1 Å². The van der Waals surface area contributed by atoms with E-state index >= 15 is 0 Å². The normalized spacial score (nSPS) is 10.6. The Kier molecular flexibility index (Phi) is 6.93. The first-order valence-corrected chi connectivity index (χ1v) is 8.52. The highest BCUT2D eigenvalue weighted by atomic mass is 127. The highest BCUT2D eigenvalue weighted by Crippen LogP contribution is 2.35. The molecule has 0 aliphatic rings. The van der Waals surface area contributed by atoms with Gasteiger partial charge in [0.25, 0.3) is 5.69 Å². The molecule has 0 fully saturated rings. The van der Waals surface area contributed by atoms with Crippen molar-refractivity contribution < 1.29 is 29.0 Å². The number of carbonyl (C=O) groups is 1. The highest BCUT2D eigenvalue weighted by Gasteiger charge is 2.14. The Balaban J connectivity index is 2.37. The number of nitro benzene ring substituents is 1. The Morgan fingerprint density at radius 2 is 1.96 bits per heavy atom. The SMILES string of the molecule is COc1ccc([N+](=O)[O-])cc1N=Cc1cc(I)c(OCC(=O)O)c(OC)c1. The number of carboxylic acid groups (broad SMARTS) is 1. The van der Waals surface area contributed by atoms with Gasteiger partial charge in [-0.05, 0) is 46.4 Å². The van der Waals surface area contributed by atoms with E-state index in [1.807, 2.05) is 22.6 Å². The number of aliphatic carboxylic acids is 1. The zero-order valence-corrected chi connectivity index (χ0v) is 16.5. The van der Waals surface area contributed by atoms with Crippen LogP contribution in [-0.2, 0) is 4.79 Å². The first kappa shape index (κ1) is 20.4. The predicted octanol–water partition coefficient (Wildman–Crippen LogP) is 3.43. The van der Waals surface area contributed by atoms with Gasteiger partial charge in [-0.15, -0.1) is 0 Å². The number of aliphatic imine (C=N–C) groups is 1. The van der Waals surface area contributed by atoms with E-state index in [2.05, 4.69) is 4.99 Å². The Hall–Kier alpha value is -2.89. The van der Waals surface area contributed by atoms with Crippen molar-refractivity contribution in [1.29, 1.82) is 0 Å². The molecule has 0 amide bonds. The van der Waals surface area contributed by atoms with Gasteiger partial charge in [-0.1, -0.05) is 0 Å². The van der Waals surface area contributed by atoms with Gasteiger partial charge in [0.1, 0.15) is 11.4 Å². The number of hydrogen-bond donors (Lipinski definition) is 1. The molecular weight excluding hydrogens is 471 g/mol. The molecule has 0 unspecified atom stereocenters. The summed E-state index contributed by atoms with van der Waals surface area (Å²) in [7, 11) is 2.88. The molecule has 10 heteroatoms. The van der Waals surface area contributed by atoms with Crippen molar-refractivity contribution in [3.05, 3.63) is 49.6 Å². The number of rotatable bonds is 8. The van der Waals surface area contributed by atoms with E-state index in [1.54, 1.807) is 12.1 Å². The average Bonchev–Trinajstić information content (AvgIpc) is 2.64. The van der Waals surface area contributed by atoms with E-state index in [-0.39, 0.29) is 5.69 Å². The van der Waals surface area contributed by atoms with E-state index in [9.17, 15) is 14.9 Å². The minimum atomic E-state index is -1.10. The third-order valence-corrected chi connectivity index (χ3v) is 4.12. The number of non-ortho nitro benzene ring substituents is 1. The molecule has 0 heterocycles. The molecule has 2 rings (SSSR count). The Labute approximate surface area is 167 Å². The van der Waals surface area contributed by atoms with Crippen molar-refractivity contribution in [1.82, 2.24) is 0 Å². The van der Waals surface area contributed by atoms with E-state index in [4.69, 9.17) is 19.3 Å². The van der Waals surface area contributed by atoms with Gasteiger partial charge < -0.3 is 19.3 Å². The fourth-order valence-corrected chi connectivity index (χ4v) is 2.91. The van der Waals surface area contributed by atoms with Crippen LogP contribution in [0.4, 0.5) is 11.4 Å². The fourth-order valence-electron chi connectivity index (χ4n) is 2.13. The quantitative estimate of drug-likeness (QED) is 0.263. The summed E-state index contributed by atoms with van der Waals surface area (Å²) in [4.78, 5) is 25.4. The lowest BCUT2D eigenvalue weighted by atomic mass is 10.2. The van der Waals surface area contributed by atoms with Crippen molar-refractivity contribution in [2.75, 3.05) is 20.8 Å². The maximum atomic E-state index is 10.9. The number of methoxy groups -OCH3 is 2. The molecule has 0 aliphatic heterocycles. The molecule has 0 atom stereocenters. The topological polar surface area (TPSA) is 120 Å². The summed E-state index contributed by atoms with van der Waals surface area (Å²) in [5.41, 5.74) is 0.826. The summed E-state index contributed by atoms with van der Waals surface area (Å²) in [5, 5.41) is 19.7. The largest absolute Gasteiger partial charge is 0.494 e. The summed E-state index contributed by atoms with van der Waals surface area (Å²) < 4.78 is 16.3. The number of benzene rings is 2. The van der Waals surface area contributed by atoms with E-state index < -0.39 is 17.5 Å². The van der Waals surface area contributed by atoms with Gasteiger partial charge in [0, 0.05) is 18.3 Å². The lowest BCUT2D eigenvalue weighted by molar-refractivity contribution is -0.384. The van der Waals surface area contributed by atoms with Crippen LogP contribution in [-0.4, -0.2) is 43.0 Å². The molecule has 0 radical (unpaired) electrons. The molecule has 0 saturated carbocycles. The van der Waals surface area contributed by atoms with Crippen LogP contribution < -0.4 is 14.2 Å². The molecule has 0 spiro atoms. The van der Waals surface area contributed by atoms with Crippen LogP contribution in [0.1, 0.15) is 5.56 Å². The number of nitrogens with zero attached hydrogens (tertiary/aromatic N) is 2. The number of hydrogen-bond acceptors (Lipinski definition) is 7. The molecule has 0 aromatic heterocycles. The van der Waals surface area contributed by atoms with Crippen molar-refractivity contribution in [2.24, 2.45) is 4.99 Å². The van der Waals surface area contributed by atoms with Gasteiger partial charge in [-0.3, -0.25) is 15.1 Å². The number of carboxylic acids is 1. The number of ether oxygens (including phenoxy) is 3. The second-order valence-electron chi connectivity index (χ2n) is 5.09. The standard InChI is InChI=1S/C17H15IN2O7/c1-25-14-4-3-11(20(23)24)7-13(14)19-8-10-5-12(18)17(15(6-10)26-2)27-9-16(21)22/h3-8H,9H2,1-2H3,(H,21,22). The third-order valence-electron chi connectivity index (χ3n) is 3.32. The lowest BCUT2D eigenvalue weighted by Crippen LogP contribution is -2.11. The van der Waals surface area contributed by atoms with E-state index in [0.29, 0.717) is 32.1 Å². The first-order valence-electron chi connectivity index (χ1n) is 7.44. The Morgan fingerprint density at radius 1 is 1.26 bits per heavy atom. The van der Waals surface area contributed by atoms with Gasteiger partial charge in [0.2, 0.25) is 0 Å². The number of halogens is 1.